The molecular weight excluding hydrogens is 311 g/mol. The third-order valence-corrected chi connectivity index (χ3v) is 3.99. The first-order valence-electron chi connectivity index (χ1n) is 7.29. The van der Waals surface area contributed by atoms with Crippen molar-refractivity contribution in [1.29, 1.82) is 0 Å². The number of halogens is 2. The van der Waals surface area contributed by atoms with Crippen LogP contribution in [0.5, 0.6) is 0 Å². The molecule has 0 aliphatic rings. The van der Waals surface area contributed by atoms with Crippen LogP contribution in [0.3, 0.4) is 0 Å². The van der Waals surface area contributed by atoms with E-state index in [4.69, 9.17) is 11.6 Å². The van der Waals surface area contributed by atoms with Crippen molar-refractivity contribution in [2.75, 3.05) is 0 Å². The standard InChI is InChI=1S/C19H16ClFN2/c1-13-11-15(12-22-18-7-3-16(20)4-8-18)14(2)23(13)19-9-5-17(21)6-10-19/h3-12H,1-2H3. The van der Waals surface area contributed by atoms with E-state index >= 15 is 0 Å². The number of aliphatic imine (C=N–C) groups is 1. The number of hydrogen-bond acceptors (Lipinski definition) is 1. The average Bonchev–Trinajstić information content (AvgIpc) is 2.82. The van der Waals surface area contributed by atoms with Crippen molar-refractivity contribution in [3.05, 3.63) is 82.4 Å². The van der Waals surface area contributed by atoms with E-state index in [0.29, 0.717) is 5.02 Å². The van der Waals surface area contributed by atoms with Gasteiger partial charge in [0.1, 0.15) is 5.82 Å². The van der Waals surface area contributed by atoms with Crippen LogP contribution in [0.15, 0.2) is 59.6 Å². The largest absolute Gasteiger partial charge is 0.318 e. The topological polar surface area (TPSA) is 17.3 Å². The molecule has 0 spiro atoms. The van der Waals surface area contributed by atoms with Gasteiger partial charge in [-0.2, -0.15) is 0 Å². The maximum atomic E-state index is 13.1. The summed E-state index contributed by atoms with van der Waals surface area (Å²) in [5.41, 5.74) is 4.95. The maximum Gasteiger partial charge on any atom is 0.123 e. The van der Waals surface area contributed by atoms with E-state index in [1.807, 2.05) is 44.3 Å². The van der Waals surface area contributed by atoms with Gasteiger partial charge in [0.05, 0.1) is 5.69 Å². The molecule has 4 heteroatoms. The van der Waals surface area contributed by atoms with Crippen LogP contribution in [0, 0.1) is 19.7 Å². The number of rotatable bonds is 3. The number of hydrogen-bond donors (Lipinski definition) is 0. The summed E-state index contributed by atoms with van der Waals surface area (Å²) in [4.78, 5) is 4.48. The molecule has 0 bridgehead atoms. The van der Waals surface area contributed by atoms with Crippen LogP contribution in [0.2, 0.25) is 5.02 Å². The zero-order chi connectivity index (χ0) is 16.4. The SMILES string of the molecule is Cc1cc(C=Nc2ccc(Cl)cc2)c(C)n1-c1ccc(F)cc1. The van der Waals surface area contributed by atoms with Gasteiger partial charge in [-0.3, -0.25) is 4.99 Å². The lowest BCUT2D eigenvalue weighted by Crippen LogP contribution is -1.99. The molecule has 1 heterocycles. The molecule has 0 atom stereocenters. The summed E-state index contributed by atoms with van der Waals surface area (Å²) in [6.07, 6.45) is 1.84. The van der Waals surface area contributed by atoms with Gasteiger partial charge in [-0.05, 0) is 68.4 Å². The fraction of sp³-hybridized carbons (Fsp3) is 0.105. The minimum absolute atomic E-state index is 0.235. The second-order valence-electron chi connectivity index (χ2n) is 5.37. The Labute approximate surface area is 139 Å². The van der Waals surface area contributed by atoms with Gasteiger partial charge in [0, 0.05) is 33.9 Å². The first-order chi connectivity index (χ1) is 11.0. The van der Waals surface area contributed by atoms with Crippen LogP contribution in [-0.4, -0.2) is 10.8 Å². The molecule has 3 rings (SSSR count). The van der Waals surface area contributed by atoms with E-state index in [2.05, 4.69) is 15.6 Å². The van der Waals surface area contributed by atoms with E-state index in [1.165, 1.54) is 12.1 Å². The third-order valence-electron chi connectivity index (χ3n) is 3.73. The Morgan fingerprint density at radius 2 is 1.65 bits per heavy atom. The van der Waals surface area contributed by atoms with Gasteiger partial charge in [-0.15, -0.1) is 0 Å². The first-order valence-corrected chi connectivity index (χ1v) is 7.67. The van der Waals surface area contributed by atoms with Gasteiger partial charge in [-0.25, -0.2) is 4.39 Å². The van der Waals surface area contributed by atoms with Gasteiger partial charge in [0.2, 0.25) is 0 Å². The summed E-state index contributed by atoms with van der Waals surface area (Å²) in [6, 6.07) is 15.9. The molecule has 23 heavy (non-hydrogen) atoms. The molecule has 0 radical (unpaired) electrons. The Hall–Kier alpha value is -2.39. The molecule has 0 aliphatic carbocycles. The molecule has 2 aromatic carbocycles. The molecule has 0 fully saturated rings. The normalized spacial score (nSPS) is 11.3. The highest BCUT2D eigenvalue weighted by atomic mass is 35.5. The van der Waals surface area contributed by atoms with Crippen molar-refractivity contribution in [3.63, 3.8) is 0 Å². The molecule has 0 saturated carbocycles. The molecule has 116 valence electrons. The number of nitrogens with zero attached hydrogens (tertiary/aromatic N) is 2. The Morgan fingerprint density at radius 3 is 2.30 bits per heavy atom. The predicted octanol–water partition coefficient (Wildman–Crippen LogP) is 5.64. The first kappa shape index (κ1) is 15.5. The fourth-order valence-corrected chi connectivity index (χ4v) is 2.70. The zero-order valence-corrected chi connectivity index (χ0v) is 13.7. The van der Waals surface area contributed by atoms with E-state index in [0.717, 1.165) is 28.3 Å². The smallest absolute Gasteiger partial charge is 0.123 e. The molecule has 0 aliphatic heterocycles. The summed E-state index contributed by atoms with van der Waals surface area (Å²) in [5, 5.41) is 0.693. The lowest BCUT2D eigenvalue weighted by molar-refractivity contribution is 0.627. The minimum atomic E-state index is -0.235. The van der Waals surface area contributed by atoms with E-state index < -0.39 is 0 Å². The quantitative estimate of drug-likeness (QED) is 0.554. The fourth-order valence-electron chi connectivity index (χ4n) is 2.58. The molecule has 3 aromatic rings. The van der Waals surface area contributed by atoms with E-state index in [1.54, 1.807) is 12.1 Å². The average molecular weight is 327 g/mol. The van der Waals surface area contributed by atoms with Gasteiger partial charge in [-0.1, -0.05) is 11.6 Å². The summed E-state index contributed by atoms with van der Waals surface area (Å²) >= 11 is 5.88. The number of aryl methyl sites for hydroxylation is 1. The predicted molar refractivity (Wildman–Crippen MR) is 93.9 cm³/mol. The highest BCUT2D eigenvalue weighted by Crippen LogP contribution is 2.21. The zero-order valence-electron chi connectivity index (χ0n) is 12.9. The van der Waals surface area contributed by atoms with Crippen LogP contribution in [0.1, 0.15) is 17.0 Å². The molecule has 1 aromatic heterocycles. The Kier molecular flexibility index (Phi) is 4.30. The highest BCUT2D eigenvalue weighted by Gasteiger charge is 2.09. The Bertz CT molecular complexity index is 846. The molecule has 0 N–H and O–H groups in total. The highest BCUT2D eigenvalue weighted by molar-refractivity contribution is 6.30. The monoisotopic (exact) mass is 326 g/mol. The van der Waals surface area contributed by atoms with Crippen molar-refractivity contribution in [2.45, 2.75) is 13.8 Å². The number of aromatic nitrogens is 1. The lowest BCUT2D eigenvalue weighted by Gasteiger charge is -2.09. The summed E-state index contributed by atoms with van der Waals surface area (Å²) in [7, 11) is 0. The van der Waals surface area contributed by atoms with Crippen LogP contribution in [0.4, 0.5) is 10.1 Å². The van der Waals surface area contributed by atoms with Gasteiger partial charge < -0.3 is 4.57 Å². The molecule has 0 saturated heterocycles. The third kappa shape index (κ3) is 3.35. The molecule has 2 nitrogen and oxygen atoms in total. The van der Waals surface area contributed by atoms with Crippen LogP contribution in [0.25, 0.3) is 5.69 Å². The Balaban J connectivity index is 1.94. The van der Waals surface area contributed by atoms with Crippen LogP contribution >= 0.6 is 11.6 Å². The van der Waals surface area contributed by atoms with Crippen molar-refractivity contribution in [2.24, 2.45) is 4.99 Å². The van der Waals surface area contributed by atoms with Crippen LogP contribution in [-0.2, 0) is 0 Å². The molecule has 0 unspecified atom stereocenters. The maximum absolute atomic E-state index is 13.1. The Morgan fingerprint density at radius 1 is 1.00 bits per heavy atom. The second-order valence-corrected chi connectivity index (χ2v) is 5.81. The second kappa shape index (κ2) is 6.39. The lowest BCUT2D eigenvalue weighted by atomic mass is 10.2. The van der Waals surface area contributed by atoms with Gasteiger partial charge in [0.15, 0.2) is 0 Å². The van der Waals surface area contributed by atoms with Crippen molar-refractivity contribution in [1.82, 2.24) is 4.57 Å². The van der Waals surface area contributed by atoms with Crippen molar-refractivity contribution >= 4 is 23.5 Å². The molecular formula is C19H16ClFN2. The van der Waals surface area contributed by atoms with E-state index in [9.17, 15) is 4.39 Å². The van der Waals surface area contributed by atoms with Crippen molar-refractivity contribution in [3.8, 4) is 5.69 Å². The summed E-state index contributed by atoms with van der Waals surface area (Å²) in [5.74, 6) is -0.235. The molecule has 0 amide bonds. The summed E-state index contributed by atoms with van der Waals surface area (Å²) in [6.45, 7) is 4.05. The van der Waals surface area contributed by atoms with E-state index in [-0.39, 0.29) is 5.82 Å². The summed E-state index contributed by atoms with van der Waals surface area (Å²) < 4.78 is 15.2. The van der Waals surface area contributed by atoms with Crippen LogP contribution < -0.4 is 0 Å². The number of benzene rings is 2. The minimum Gasteiger partial charge on any atom is -0.318 e. The van der Waals surface area contributed by atoms with Gasteiger partial charge >= 0.3 is 0 Å². The van der Waals surface area contributed by atoms with Crippen molar-refractivity contribution < 1.29 is 4.39 Å². The van der Waals surface area contributed by atoms with Gasteiger partial charge in [0.25, 0.3) is 0 Å².